The van der Waals surface area contributed by atoms with E-state index in [4.69, 9.17) is 14.6 Å². The molecule has 1 aliphatic heterocycles. The van der Waals surface area contributed by atoms with Crippen molar-refractivity contribution in [1.82, 2.24) is 13.9 Å². The predicted molar refractivity (Wildman–Crippen MR) is 112 cm³/mol. The number of hydrogen-bond acceptors (Lipinski definition) is 6. The van der Waals surface area contributed by atoms with Crippen molar-refractivity contribution in [3.8, 4) is 11.4 Å². The van der Waals surface area contributed by atoms with Gasteiger partial charge in [-0.2, -0.15) is 0 Å². The summed E-state index contributed by atoms with van der Waals surface area (Å²) in [5.74, 6) is 0.802. The zero-order chi connectivity index (χ0) is 21.6. The van der Waals surface area contributed by atoms with E-state index in [1.54, 1.807) is 20.3 Å². The number of imidazole rings is 1. The fraction of sp³-hybridized carbons (Fsp3) is 0.474. The smallest absolute Gasteiger partial charge is 0.290 e. The molecule has 0 radical (unpaired) electrons. The van der Waals surface area contributed by atoms with Crippen molar-refractivity contribution in [1.29, 1.82) is 0 Å². The van der Waals surface area contributed by atoms with Gasteiger partial charge in [0, 0.05) is 57.8 Å². The zero-order valence-corrected chi connectivity index (χ0v) is 17.9. The van der Waals surface area contributed by atoms with Gasteiger partial charge < -0.3 is 19.3 Å². The molecule has 1 aliphatic rings. The minimum atomic E-state index is -3.28. The molecule has 1 aromatic carbocycles. The van der Waals surface area contributed by atoms with Crippen LogP contribution in [-0.4, -0.2) is 81.0 Å². The molecule has 2 atom stereocenters. The van der Waals surface area contributed by atoms with E-state index in [0.717, 1.165) is 17.1 Å². The van der Waals surface area contributed by atoms with Gasteiger partial charge in [-0.3, -0.25) is 4.79 Å². The van der Waals surface area contributed by atoms with E-state index >= 15 is 0 Å². The molecule has 1 saturated heterocycles. The Hall–Kier alpha value is -2.43. The third-order valence-electron chi connectivity index (χ3n) is 4.81. The van der Waals surface area contributed by atoms with E-state index in [9.17, 15) is 8.42 Å². The van der Waals surface area contributed by atoms with E-state index in [2.05, 4.69) is 4.98 Å². The standard InChI is InChI=1S/C18H26N4O3S.CH2O2/c1-20(2)16-7-5-14(6-8-16)18-19-9-10-22(18)17-12-25-11-15(17)13-26(23,24)21(3)4;2-1-3/h5-10,15,17H,11-13H2,1-4H3;1H,(H,2,3)/t15-,17+;/m0./s1. The molecule has 1 fully saturated rings. The Labute approximate surface area is 171 Å². The van der Waals surface area contributed by atoms with Crippen molar-refractivity contribution in [3.63, 3.8) is 0 Å². The molecule has 0 saturated carbocycles. The first-order valence-electron chi connectivity index (χ1n) is 9.07. The number of carbonyl (C=O) groups is 1. The van der Waals surface area contributed by atoms with Crippen molar-refractivity contribution in [2.75, 3.05) is 52.1 Å². The quantitative estimate of drug-likeness (QED) is 0.699. The SMILES string of the molecule is CN(C)c1ccc(-c2nccn2[C@@H]2COC[C@H]2CS(=O)(=O)N(C)C)cc1.O=CO. The van der Waals surface area contributed by atoms with Crippen LogP contribution in [0.2, 0.25) is 0 Å². The Balaban J connectivity index is 0.000000941. The lowest BCUT2D eigenvalue weighted by Gasteiger charge is -2.23. The molecule has 29 heavy (non-hydrogen) atoms. The second-order valence-electron chi connectivity index (χ2n) is 7.13. The number of nitrogens with zero attached hydrogens (tertiary/aromatic N) is 4. The van der Waals surface area contributed by atoms with Gasteiger partial charge in [-0.05, 0) is 24.3 Å². The number of anilines is 1. The van der Waals surface area contributed by atoms with Crippen molar-refractivity contribution in [3.05, 3.63) is 36.7 Å². The van der Waals surface area contributed by atoms with Gasteiger partial charge in [-0.1, -0.05) is 0 Å². The van der Waals surface area contributed by atoms with Crippen molar-refractivity contribution >= 4 is 22.2 Å². The molecule has 0 aliphatic carbocycles. The van der Waals surface area contributed by atoms with Gasteiger partial charge in [0.15, 0.2) is 0 Å². The summed E-state index contributed by atoms with van der Waals surface area (Å²) in [5.41, 5.74) is 2.12. The van der Waals surface area contributed by atoms with Crippen LogP contribution in [0.3, 0.4) is 0 Å². The van der Waals surface area contributed by atoms with Crippen LogP contribution in [-0.2, 0) is 19.6 Å². The van der Waals surface area contributed by atoms with Crippen LogP contribution in [0, 0.1) is 5.92 Å². The molecule has 3 rings (SSSR count). The molecule has 9 nitrogen and oxygen atoms in total. The summed E-state index contributed by atoms with van der Waals surface area (Å²) in [6, 6.07) is 8.13. The lowest BCUT2D eigenvalue weighted by atomic mass is 10.1. The van der Waals surface area contributed by atoms with Crippen LogP contribution in [0.1, 0.15) is 6.04 Å². The van der Waals surface area contributed by atoms with E-state index in [-0.39, 0.29) is 24.2 Å². The lowest BCUT2D eigenvalue weighted by Crippen LogP contribution is -2.32. The van der Waals surface area contributed by atoms with Crippen LogP contribution in [0.4, 0.5) is 5.69 Å². The number of benzene rings is 1. The normalized spacial score (nSPS) is 18.9. The van der Waals surface area contributed by atoms with Crippen LogP contribution in [0.15, 0.2) is 36.7 Å². The largest absolute Gasteiger partial charge is 0.483 e. The average molecular weight is 425 g/mol. The van der Waals surface area contributed by atoms with Crippen molar-refractivity contribution < 1.29 is 23.1 Å². The number of rotatable bonds is 6. The van der Waals surface area contributed by atoms with Gasteiger partial charge >= 0.3 is 0 Å². The highest BCUT2D eigenvalue weighted by Crippen LogP contribution is 2.32. The summed E-state index contributed by atoms with van der Waals surface area (Å²) in [7, 11) is 3.85. The summed E-state index contributed by atoms with van der Waals surface area (Å²) in [4.78, 5) is 14.9. The van der Waals surface area contributed by atoms with Crippen LogP contribution >= 0.6 is 0 Å². The zero-order valence-electron chi connectivity index (χ0n) is 17.1. The van der Waals surface area contributed by atoms with Gasteiger partial charge in [-0.25, -0.2) is 17.7 Å². The second-order valence-corrected chi connectivity index (χ2v) is 9.36. The van der Waals surface area contributed by atoms with E-state index in [1.165, 1.54) is 4.31 Å². The average Bonchev–Trinajstić information content (AvgIpc) is 3.30. The van der Waals surface area contributed by atoms with E-state index in [0.29, 0.717) is 13.2 Å². The highest BCUT2D eigenvalue weighted by Gasteiger charge is 2.35. The maximum absolute atomic E-state index is 12.3. The first-order chi connectivity index (χ1) is 13.7. The highest BCUT2D eigenvalue weighted by atomic mass is 32.2. The Kier molecular flexibility index (Phi) is 7.77. The summed E-state index contributed by atoms with van der Waals surface area (Å²) in [6.07, 6.45) is 3.66. The molecule has 2 heterocycles. The number of aromatic nitrogens is 2. The molecule has 1 N–H and O–H groups in total. The highest BCUT2D eigenvalue weighted by molar-refractivity contribution is 7.89. The Morgan fingerprint density at radius 3 is 2.38 bits per heavy atom. The van der Waals surface area contributed by atoms with Gasteiger partial charge in [0.25, 0.3) is 6.47 Å². The molecule has 0 amide bonds. The molecule has 0 unspecified atom stereocenters. The Morgan fingerprint density at radius 2 is 1.83 bits per heavy atom. The van der Waals surface area contributed by atoms with E-state index in [1.807, 2.05) is 54.0 Å². The summed E-state index contributed by atoms with van der Waals surface area (Å²) >= 11 is 0. The van der Waals surface area contributed by atoms with Crippen molar-refractivity contribution in [2.24, 2.45) is 5.92 Å². The first kappa shape index (κ1) is 22.9. The van der Waals surface area contributed by atoms with Gasteiger partial charge in [0.1, 0.15) is 5.82 Å². The number of ether oxygens (including phenoxy) is 1. The number of hydrogen-bond donors (Lipinski definition) is 1. The topological polar surface area (TPSA) is 105 Å². The minimum Gasteiger partial charge on any atom is -0.483 e. The van der Waals surface area contributed by atoms with Crippen LogP contribution < -0.4 is 4.90 Å². The van der Waals surface area contributed by atoms with Gasteiger partial charge in [0.2, 0.25) is 10.0 Å². The van der Waals surface area contributed by atoms with Crippen LogP contribution in [0.25, 0.3) is 11.4 Å². The molecular formula is C19H28N4O5S. The second kappa shape index (κ2) is 9.86. The summed E-state index contributed by atoms with van der Waals surface area (Å²) in [5, 5.41) is 6.89. The minimum absolute atomic E-state index is 0.0456. The summed E-state index contributed by atoms with van der Waals surface area (Å²) < 4.78 is 33.5. The van der Waals surface area contributed by atoms with Gasteiger partial charge in [-0.15, -0.1) is 0 Å². The molecule has 0 bridgehead atoms. The van der Waals surface area contributed by atoms with E-state index < -0.39 is 10.0 Å². The third kappa shape index (κ3) is 5.55. The number of carboxylic acid groups (broad SMARTS) is 1. The fourth-order valence-electron chi connectivity index (χ4n) is 3.19. The Morgan fingerprint density at radius 1 is 1.21 bits per heavy atom. The maximum Gasteiger partial charge on any atom is 0.290 e. The molecule has 2 aromatic rings. The monoisotopic (exact) mass is 424 g/mol. The van der Waals surface area contributed by atoms with Crippen LogP contribution in [0.5, 0.6) is 0 Å². The Bertz CT molecular complexity index is 894. The molecular weight excluding hydrogens is 396 g/mol. The predicted octanol–water partition coefficient (Wildman–Crippen LogP) is 1.40. The van der Waals surface area contributed by atoms with Gasteiger partial charge in [0.05, 0.1) is 25.0 Å². The summed E-state index contributed by atoms with van der Waals surface area (Å²) in [6.45, 7) is 0.682. The molecule has 10 heteroatoms. The molecule has 160 valence electrons. The number of sulfonamides is 1. The third-order valence-corrected chi connectivity index (χ3v) is 6.78. The fourth-order valence-corrected chi connectivity index (χ4v) is 4.34. The van der Waals surface area contributed by atoms with Crippen molar-refractivity contribution in [2.45, 2.75) is 6.04 Å². The molecule has 1 aromatic heterocycles. The lowest BCUT2D eigenvalue weighted by molar-refractivity contribution is -0.122. The first-order valence-corrected chi connectivity index (χ1v) is 10.7. The molecule has 0 spiro atoms. The maximum atomic E-state index is 12.3.